The van der Waals surface area contributed by atoms with Crippen LogP contribution in [-0.2, 0) is 4.79 Å². The van der Waals surface area contributed by atoms with Gasteiger partial charge in [-0.3, -0.25) is 4.79 Å². The molecule has 0 aliphatic heterocycles. The third kappa shape index (κ3) is 2.90. The summed E-state index contributed by atoms with van der Waals surface area (Å²) in [6.07, 6.45) is -4.36. The summed E-state index contributed by atoms with van der Waals surface area (Å²) in [6, 6.07) is -0.572. The zero-order valence-corrected chi connectivity index (χ0v) is 9.51. The Morgan fingerprint density at radius 2 is 1.78 bits per heavy atom. The van der Waals surface area contributed by atoms with Gasteiger partial charge >= 0.3 is 18.0 Å². The van der Waals surface area contributed by atoms with Gasteiger partial charge in [0.15, 0.2) is 0 Å². The van der Waals surface area contributed by atoms with Crippen molar-refractivity contribution in [2.45, 2.75) is 43.8 Å². The highest BCUT2D eigenvalue weighted by Gasteiger charge is 2.65. The van der Waals surface area contributed by atoms with Crippen molar-refractivity contribution in [1.82, 2.24) is 4.90 Å². The molecule has 106 valence electrons. The van der Waals surface area contributed by atoms with Crippen LogP contribution in [0.25, 0.3) is 0 Å². The van der Waals surface area contributed by atoms with Crippen molar-refractivity contribution in [2.24, 2.45) is 0 Å². The van der Waals surface area contributed by atoms with Crippen LogP contribution in [-0.4, -0.2) is 47.2 Å². The number of rotatable bonds is 5. The zero-order valence-electron chi connectivity index (χ0n) is 9.51. The number of hydrogen-bond acceptors (Lipinski definition) is 2. The average Bonchev–Trinajstić information content (AvgIpc) is 2.18. The molecule has 1 saturated carbocycles. The van der Waals surface area contributed by atoms with E-state index in [2.05, 4.69) is 0 Å². The second-order valence-electron chi connectivity index (χ2n) is 4.23. The maximum Gasteiger partial charge on any atom is 0.463 e. The molecule has 0 radical (unpaired) electrons. The van der Waals surface area contributed by atoms with Crippen molar-refractivity contribution in [3.8, 4) is 0 Å². The lowest BCUT2D eigenvalue weighted by Crippen LogP contribution is -2.56. The number of hydrogen-bond donors (Lipinski definition) is 1. The molecule has 0 spiro atoms. The van der Waals surface area contributed by atoms with Gasteiger partial charge in [-0.15, -0.1) is 0 Å². The average molecular weight is 275 g/mol. The number of carbonyl (C=O) groups is 1. The normalized spacial score (nSPS) is 17.4. The van der Waals surface area contributed by atoms with E-state index in [0.717, 1.165) is 0 Å². The maximum atomic E-state index is 12.9. The zero-order chi connectivity index (χ0) is 14.0. The van der Waals surface area contributed by atoms with Crippen molar-refractivity contribution < 1.29 is 31.9 Å². The summed E-state index contributed by atoms with van der Waals surface area (Å²) in [7, 11) is 0. The van der Waals surface area contributed by atoms with Gasteiger partial charge in [0.25, 0.3) is 0 Å². The third-order valence-electron chi connectivity index (χ3n) is 2.96. The summed E-state index contributed by atoms with van der Waals surface area (Å²) in [4.78, 5) is 11.9. The molecule has 0 aromatic carbocycles. The minimum absolute atomic E-state index is 0.0177. The number of nitrogens with zero attached hydrogens (tertiary/aromatic N) is 1. The SMILES string of the molecule is O=C(N(CCCO)C1CCC1)C(F)(F)C(F)(F)F. The van der Waals surface area contributed by atoms with Gasteiger partial charge in [-0.2, -0.15) is 22.0 Å². The van der Waals surface area contributed by atoms with Crippen molar-refractivity contribution in [1.29, 1.82) is 0 Å². The number of carbonyl (C=O) groups excluding carboxylic acids is 1. The van der Waals surface area contributed by atoms with E-state index in [-0.39, 0.29) is 19.6 Å². The molecule has 0 bridgehead atoms. The van der Waals surface area contributed by atoms with Crippen LogP contribution in [0.5, 0.6) is 0 Å². The maximum absolute atomic E-state index is 12.9. The van der Waals surface area contributed by atoms with Crippen LogP contribution in [0.15, 0.2) is 0 Å². The van der Waals surface area contributed by atoms with Gasteiger partial charge in [-0.25, -0.2) is 0 Å². The topological polar surface area (TPSA) is 40.5 Å². The highest BCUT2D eigenvalue weighted by atomic mass is 19.4. The summed E-state index contributed by atoms with van der Waals surface area (Å²) >= 11 is 0. The fourth-order valence-corrected chi connectivity index (χ4v) is 1.69. The van der Waals surface area contributed by atoms with Gasteiger partial charge in [0.1, 0.15) is 0 Å². The molecule has 0 saturated heterocycles. The van der Waals surface area contributed by atoms with E-state index in [1.807, 2.05) is 0 Å². The number of halogens is 5. The first-order chi connectivity index (χ1) is 8.21. The summed E-state index contributed by atoms with van der Waals surface area (Å²) in [6.45, 7) is -0.653. The molecular formula is C10H14F5NO2. The first-order valence-electron chi connectivity index (χ1n) is 5.58. The Bertz CT molecular complexity index is 301. The summed E-state index contributed by atoms with van der Waals surface area (Å²) in [5.74, 6) is -7.58. The third-order valence-corrected chi connectivity index (χ3v) is 2.96. The fraction of sp³-hybridized carbons (Fsp3) is 0.900. The quantitative estimate of drug-likeness (QED) is 0.779. The van der Waals surface area contributed by atoms with Crippen LogP contribution in [0.1, 0.15) is 25.7 Å². The van der Waals surface area contributed by atoms with Gasteiger partial charge in [0, 0.05) is 19.2 Å². The van der Waals surface area contributed by atoms with Crippen LogP contribution in [0.3, 0.4) is 0 Å². The van der Waals surface area contributed by atoms with E-state index in [0.29, 0.717) is 24.2 Å². The van der Waals surface area contributed by atoms with Gasteiger partial charge < -0.3 is 10.0 Å². The van der Waals surface area contributed by atoms with Gasteiger partial charge in [-0.1, -0.05) is 0 Å². The molecular weight excluding hydrogens is 261 g/mol. The predicted octanol–water partition coefficient (Wildman–Crippen LogP) is 1.95. The van der Waals surface area contributed by atoms with E-state index >= 15 is 0 Å². The van der Waals surface area contributed by atoms with Crippen molar-refractivity contribution in [3.05, 3.63) is 0 Å². The van der Waals surface area contributed by atoms with Crippen LogP contribution in [0.2, 0.25) is 0 Å². The van der Waals surface area contributed by atoms with Crippen LogP contribution >= 0.6 is 0 Å². The van der Waals surface area contributed by atoms with Crippen molar-refractivity contribution in [3.63, 3.8) is 0 Å². The number of aliphatic hydroxyl groups is 1. The van der Waals surface area contributed by atoms with Gasteiger partial charge in [0.05, 0.1) is 0 Å². The molecule has 0 aromatic rings. The smallest absolute Gasteiger partial charge is 0.396 e. The minimum atomic E-state index is -5.88. The molecule has 0 aromatic heterocycles. The number of amides is 1. The van der Waals surface area contributed by atoms with E-state index in [4.69, 9.17) is 5.11 Å². The Kier molecular flexibility index (Phi) is 4.52. The highest BCUT2D eigenvalue weighted by Crippen LogP contribution is 2.38. The summed E-state index contributed by atoms with van der Waals surface area (Å²) in [5, 5.41) is 8.58. The molecule has 18 heavy (non-hydrogen) atoms. The second-order valence-corrected chi connectivity index (χ2v) is 4.23. The second kappa shape index (κ2) is 5.38. The Hall–Kier alpha value is -0.920. The van der Waals surface area contributed by atoms with E-state index in [1.54, 1.807) is 0 Å². The first kappa shape index (κ1) is 15.1. The lowest BCUT2D eigenvalue weighted by atomic mass is 9.91. The van der Waals surface area contributed by atoms with E-state index in [1.165, 1.54) is 0 Å². The molecule has 1 amide bonds. The van der Waals surface area contributed by atoms with Crippen molar-refractivity contribution in [2.75, 3.05) is 13.2 Å². The molecule has 8 heteroatoms. The van der Waals surface area contributed by atoms with E-state index in [9.17, 15) is 26.7 Å². The van der Waals surface area contributed by atoms with Crippen LogP contribution < -0.4 is 0 Å². The molecule has 0 unspecified atom stereocenters. The Balaban J connectivity index is 2.81. The number of aliphatic hydroxyl groups excluding tert-OH is 1. The Morgan fingerprint density at radius 3 is 2.11 bits per heavy atom. The molecule has 0 atom stereocenters. The van der Waals surface area contributed by atoms with Gasteiger partial charge in [0.2, 0.25) is 0 Å². The largest absolute Gasteiger partial charge is 0.463 e. The molecule has 1 fully saturated rings. The lowest BCUT2D eigenvalue weighted by molar-refractivity contribution is -0.275. The van der Waals surface area contributed by atoms with Crippen molar-refractivity contribution >= 4 is 5.91 Å². The van der Waals surface area contributed by atoms with Crippen LogP contribution in [0.4, 0.5) is 22.0 Å². The minimum Gasteiger partial charge on any atom is -0.396 e. The number of alkyl halides is 5. The molecule has 3 nitrogen and oxygen atoms in total. The highest BCUT2D eigenvalue weighted by molar-refractivity contribution is 5.84. The van der Waals surface area contributed by atoms with E-state index < -0.39 is 24.0 Å². The van der Waals surface area contributed by atoms with Crippen LogP contribution in [0, 0.1) is 0 Å². The molecule has 1 N–H and O–H groups in total. The summed E-state index contributed by atoms with van der Waals surface area (Å²) < 4.78 is 62.2. The standard InChI is InChI=1S/C10H14F5NO2/c11-9(12,10(13,14)15)8(18)16(5-2-6-17)7-3-1-4-7/h7,17H,1-6H2. The summed E-state index contributed by atoms with van der Waals surface area (Å²) in [5.41, 5.74) is 0. The Labute approximate surface area is 101 Å². The van der Waals surface area contributed by atoms with Gasteiger partial charge in [-0.05, 0) is 25.7 Å². The lowest BCUT2D eigenvalue weighted by Gasteiger charge is -2.39. The molecule has 1 aliphatic rings. The molecule has 1 aliphatic carbocycles. The molecule has 1 rings (SSSR count). The monoisotopic (exact) mass is 275 g/mol. The predicted molar refractivity (Wildman–Crippen MR) is 52.1 cm³/mol. The first-order valence-corrected chi connectivity index (χ1v) is 5.58. The Morgan fingerprint density at radius 1 is 1.22 bits per heavy atom. The molecule has 0 heterocycles. The fourth-order valence-electron chi connectivity index (χ4n) is 1.69.